The van der Waals surface area contributed by atoms with Crippen LogP contribution in [-0.4, -0.2) is 15.0 Å². The van der Waals surface area contributed by atoms with Crippen LogP contribution in [0.2, 0.25) is 5.28 Å². The molecule has 0 radical (unpaired) electrons. The Morgan fingerprint density at radius 1 is 1.45 bits per heavy atom. The predicted molar refractivity (Wildman–Crippen MR) is 43.2 cm³/mol. The molecule has 0 atom stereocenters. The molecule has 1 heterocycles. The summed E-state index contributed by atoms with van der Waals surface area (Å²) in [6, 6.07) is 0. The van der Waals surface area contributed by atoms with Gasteiger partial charge in [0.15, 0.2) is 0 Å². The number of anilines is 1. The zero-order valence-corrected chi connectivity index (χ0v) is 6.54. The van der Waals surface area contributed by atoms with E-state index in [0.717, 1.165) is 0 Å². The average molecular weight is 171 g/mol. The molecule has 58 valence electrons. The Morgan fingerprint density at radius 3 is 2.73 bits per heavy atom. The van der Waals surface area contributed by atoms with Crippen LogP contribution in [-0.2, 0) is 6.42 Å². The fourth-order valence-electron chi connectivity index (χ4n) is 0.629. The highest BCUT2D eigenvalue weighted by molar-refractivity contribution is 6.28. The summed E-state index contributed by atoms with van der Waals surface area (Å²) in [5, 5.41) is 0.120. The van der Waals surface area contributed by atoms with Crippen LogP contribution in [0.5, 0.6) is 0 Å². The Hall–Kier alpha value is -1.16. The number of aromatic nitrogens is 3. The summed E-state index contributed by atoms with van der Waals surface area (Å²) < 4.78 is 0. The second kappa shape index (κ2) is 3.30. The van der Waals surface area contributed by atoms with Crippen LogP contribution in [0, 0.1) is 0 Å². The van der Waals surface area contributed by atoms with Gasteiger partial charge in [-0.2, -0.15) is 9.97 Å². The fourth-order valence-corrected chi connectivity index (χ4v) is 0.813. The quantitative estimate of drug-likeness (QED) is 0.668. The van der Waals surface area contributed by atoms with Gasteiger partial charge in [0.2, 0.25) is 11.2 Å². The van der Waals surface area contributed by atoms with E-state index in [-0.39, 0.29) is 11.2 Å². The third kappa shape index (κ3) is 2.16. The lowest BCUT2D eigenvalue weighted by Crippen LogP contribution is -2.01. The third-order valence-electron chi connectivity index (χ3n) is 0.999. The first-order valence-corrected chi connectivity index (χ1v) is 3.37. The molecule has 0 aliphatic heterocycles. The Labute approximate surface area is 69.1 Å². The van der Waals surface area contributed by atoms with Crippen LogP contribution >= 0.6 is 11.6 Å². The van der Waals surface area contributed by atoms with Crippen molar-refractivity contribution in [3.8, 4) is 0 Å². The maximum atomic E-state index is 5.51. The van der Waals surface area contributed by atoms with Crippen LogP contribution < -0.4 is 5.73 Å². The van der Waals surface area contributed by atoms with Gasteiger partial charge in [-0.15, -0.1) is 6.58 Å². The maximum absolute atomic E-state index is 5.51. The standard InChI is InChI=1S/C6H7ClN4/c1-2-3-4-9-5(7)11-6(8)10-4/h2H,1,3H2,(H2,8,9,10,11). The van der Waals surface area contributed by atoms with Gasteiger partial charge in [-0.05, 0) is 11.6 Å². The Morgan fingerprint density at radius 2 is 2.18 bits per heavy atom. The van der Waals surface area contributed by atoms with Crippen molar-refractivity contribution in [1.29, 1.82) is 0 Å². The van der Waals surface area contributed by atoms with Crippen LogP contribution in [0.25, 0.3) is 0 Å². The summed E-state index contributed by atoms with van der Waals surface area (Å²) in [4.78, 5) is 11.2. The molecular weight excluding hydrogens is 164 g/mol. The van der Waals surface area contributed by atoms with E-state index in [1.54, 1.807) is 6.08 Å². The molecule has 1 aromatic rings. The molecule has 0 aliphatic carbocycles. The largest absolute Gasteiger partial charge is 0.368 e. The normalized spacial score (nSPS) is 9.55. The molecule has 0 fully saturated rings. The molecule has 1 rings (SSSR count). The SMILES string of the molecule is C=CCc1nc(N)nc(Cl)n1. The number of nitrogen functional groups attached to an aromatic ring is 1. The first-order chi connectivity index (χ1) is 5.22. The second-order valence-electron chi connectivity index (χ2n) is 1.87. The molecule has 0 saturated heterocycles. The van der Waals surface area contributed by atoms with E-state index in [9.17, 15) is 0 Å². The zero-order valence-electron chi connectivity index (χ0n) is 5.79. The van der Waals surface area contributed by atoms with Crippen molar-refractivity contribution >= 4 is 17.5 Å². The van der Waals surface area contributed by atoms with Gasteiger partial charge in [0.1, 0.15) is 5.82 Å². The van der Waals surface area contributed by atoms with E-state index >= 15 is 0 Å². The summed E-state index contributed by atoms with van der Waals surface area (Å²) in [7, 11) is 0. The molecule has 0 spiro atoms. The molecule has 0 amide bonds. The van der Waals surface area contributed by atoms with Gasteiger partial charge in [-0.3, -0.25) is 0 Å². The maximum Gasteiger partial charge on any atom is 0.227 e. The lowest BCUT2D eigenvalue weighted by molar-refractivity contribution is 0.945. The van der Waals surface area contributed by atoms with Crippen molar-refractivity contribution in [2.45, 2.75) is 6.42 Å². The van der Waals surface area contributed by atoms with Gasteiger partial charge in [0.05, 0.1) is 0 Å². The molecule has 5 heteroatoms. The van der Waals surface area contributed by atoms with Crippen LogP contribution in [0.3, 0.4) is 0 Å². The Kier molecular flexibility index (Phi) is 2.38. The highest BCUT2D eigenvalue weighted by Gasteiger charge is 1.98. The molecule has 0 unspecified atom stereocenters. The number of hydrogen-bond donors (Lipinski definition) is 1. The highest BCUT2D eigenvalue weighted by Crippen LogP contribution is 2.03. The monoisotopic (exact) mass is 170 g/mol. The van der Waals surface area contributed by atoms with Gasteiger partial charge < -0.3 is 5.73 Å². The molecule has 4 nitrogen and oxygen atoms in total. The number of nitrogens with zero attached hydrogens (tertiary/aromatic N) is 3. The van der Waals surface area contributed by atoms with Crippen molar-refractivity contribution in [2.75, 3.05) is 5.73 Å². The molecule has 0 aromatic carbocycles. The summed E-state index contributed by atoms with van der Waals surface area (Å²) in [6.45, 7) is 3.53. The van der Waals surface area contributed by atoms with Crippen molar-refractivity contribution in [3.63, 3.8) is 0 Å². The molecular formula is C6H7ClN4. The van der Waals surface area contributed by atoms with Crippen LogP contribution in [0.1, 0.15) is 5.82 Å². The fraction of sp³-hybridized carbons (Fsp3) is 0.167. The van der Waals surface area contributed by atoms with Crippen LogP contribution in [0.4, 0.5) is 5.95 Å². The molecule has 11 heavy (non-hydrogen) atoms. The van der Waals surface area contributed by atoms with Crippen molar-refractivity contribution in [1.82, 2.24) is 15.0 Å². The number of allylic oxidation sites excluding steroid dienone is 1. The number of nitrogens with two attached hydrogens (primary N) is 1. The van der Waals surface area contributed by atoms with E-state index in [1.807, 2.05) is 0 Å². The smallest absolute Gasteiger partial charge is 0.227 e. The topological polar surface area (TPSA) is 64.7 Å². The minimum Gasteiger partial charge on any atom is -0.368 e. The Bertz CT molecular complexity index is 253. The van der Waals surface area contributed by atoms with E-state index < -0.39 is 0 Å². The minimum absolute atomic E-state index is 0.120. The molecule has 0 bridgehead atoms. The number of hydrogen-bond acceptors (Lipinski definition) is 4. The van der Waals surface area contributed by atoms with E-state index in [4.69, 9.17) is 17.3 Å². The average Bonchev–Trinajstić information content (AvgIpc) is 1.85. The van der Waals surface area contributed by atoms with Crippen molar-refractivity contribution in [2.24, 2.45) is 0 Å². The van der Waals surface area contributed by atoms with Gasteiger partial charge in [-0.1, -0.05) is 6.08 Å². The summed E-state index contributed by atoms with van der Waals surface area (Å²) in [5.41, 5.74) is 5.31. The third-order valence-corrected chi connectivity index (χ3v) is 1.17. The van der Waals surface area contributed by atoms with Gasteiger partial charge in [0, 0.05) is 6.42 Å². The van der Waals surface area contributed by atoms with Crippen LogP contribution in [0.15, 0.2) is 12.7 Å². The van der Waals surface area contributed by atoms with Gasteiger partial charge in [-0.25, -0.2) is 4.98 Å². The van der Waals surface area contributed by atoms with Crippen molar-refractivity contribution in [3.05, 3.63) is 23.8 Å². The molecule has 1 aromatic heterocycles. The molecule has 0 aliphatic rings. The summed E-state index contributed by atoms with van der Waals surface area (Å²) in [5.74, 6) is 0.680. The van der Waals surface area contributed by atoms with E-state index in [0.29, 0.717) is 12.2 Å². The first-order valence-electron chi connectivity index (χ1n) is 2.99. The predicted octanol–water partition coefficient (Wildman–Crippen LogP) is 0.836. The first kappa shape index (κ1) is 7.94. The number of halogens is 1. The second-order valence-corrected chi connectivity index (χ2v) is 2.21. The zero-order chi connectivity index (χ0) is 8.27. The van der Waals surface area contributed by atoms with E-state index in [1.165, 1.54) is 0 Å². The summed E-state index contributed by atoms with van der Waals surface area (Å²) in [6.07, 6.45) is 2.22. The van der Waals surface area contributed by atoms with E-state index in [2.05, 4.69) is 21.5 Å². The Balaban J connectivity index is 2.98. The van der Waals surface area contributed by atoms with Crippen molar-refractivity contribution < 1.29 is 0 Å². The molecule has 2 N–H and O–H groups in total. The lowest BCUT2D eigenvalue weighted by atomic mass is 10.4. The number of rotatable bonds is 2. The highest BCUT2D eigenvalue weighted by atomic mass is 35.5. The summed E-state index contributed by atoms with van der Waals surface area (Å²) >= 11 is 5.51. The molecule has 0 saturated carbocycles. The lowest BCUT2D eigenvalue weighted by Gasteiger charge is -1.96. The van der Waals surface area contributed by atoms with Gasteiger partial charge >= 0.3 is 0 Å². The minimum atomic E-state index is 0.120. The van der Waals surface area contributed by atoms with Gasteiger partial charge in [0.25, 0.3) is 0 Å².